The summed E-state index contributed by atoms with van der Waals surface area (Å²) >= 11 is 1.35. The number of alkyl halides is 3. The number of hydrogen-bond acceptors (Lipinski definition) is 7. The number of carbonyl (C=O) groups excluding carboxylic acids is 2. The van der Waals surface area contributed by atoms with Crippen LogP contribution < -0.4 is 10.1 Å². The van der Waals surface area contributed by atoms with Crippen molar-refractivity contribution in [3.8, 4) is 11.4 Å². The third kappa shape index (κ3) is 7.60. The molecular weight excluding hydrogens is 605 g/mol. The summed E-state index contributed by atoms with van der Waals surface area (Å²) in [7, 11) is 0. The molecule has 4 aromatic rings. The lowest BCUT2D eigenvalue weighted by atomic mass is 10.0. The van der Waals surface area contributed by atoms with Crippen LogP contribution in [0.1, 0.15) is 52.5 Å². The first-order chi connectivity index (χ1) is 21.4. The van der Waals surface area contributed by atoms with Crippen molar-refractivity contribution in [1.82, 2.24) is 14.8 Å². The molecule has 3 aromatic carbocycles. The first-order valence-corrected chi connectivity index (χ1v) is 14.9. The minimum Gasteiger partial charge on any atom is -0.406 e. The van der Waals surface area contributed by atoms with Crippen molar-refractivity contribution in [1.29, 1.82) is 0 Å². The average molecular weight is 635 g/mol. The molecule has 1 aliphatic heterocycles. The quantitative estimate of drug-likeness (QED) is 0.204. The fourth-order valence-electron chi connectivity index (χ4n) is 4.58. The first kappa shape index (κ1) is 31.5. The number of hydrazone groups is 1. The number of halogens is 3. The average Bonchev–Trinajstić information content (AvgIpc) is 3.52. The second-order valence-electron chi connectivity index (χ2n) is 10.5. The molecule has 5 rings (SSSR count). The summed E-state index contributed by atoms with van der Waals surface area (Å²) in [6.07, 6.45) is -1.55. The van der Waals surface area contributed by atoms with Crippen molar-refractivity contribution in [2.24, 2.45) is 10.1 Å². The molecule has 2 heterocycles. The van der Waals surface area contributed by atoms with E-state index in [1.165, 1.54) is 28.9 Å². The third-order valence-corrected chi connectivity index (χ3v) is 7.72. The normalized spacial score (nSPS) is 14.6. The van der Waals surface area contributed by atoms with Crippen LogP contribution in [0.15, 0.2) is 83.0 Å². The van der Waals surface area contributed by atoms with Gasteiger partial charge in [0.1, 0.15) is 5.75 Å². The SMILES string of the molecule is Cc1cc(/C=N/N2C(=O)CS/C2=N\c2ccccc2C(C)C)ccc1-n1cc(NC(=O)c2ccc(OC(F)(F)F)cc2)c(C)n1. The number of amides is 2. The lowest BCUT2D eigenvalue weighted by molar-refractivity contribution is -0.274. The Kier molecular flexibility index (Phi) is 9.09. The number of aryl methyl sites for hydroxylation is 2. The molecule has 232 valence electrons. The zero-order valence-electron chi connectivity index (χ0n) is 24.8. The van der Waals surface area contributed by atoms with E-state index in [-0.39, 0.29) is 23.1 Å². The summed E-state index contributed by atoms with van der Waals surface area (Å²) in [6.45, 7) is 7.82. The molecule has 0 bridgehead atoms. The van der Waals surface area contributed by atoms with Crippen LogP contribution in [-0.2, 0) is 4.79 Å². The van der Waals surface area contributed by atoms with Gasteiger partial charge in [0.25, 0.3) is 11.8 Å². The van der Waals surface area contributed by atoms with E-state index in [9.17, 15) is 22.8 Å². The van der Waals surface area contributed by atoms with Gasteiger partial charge in [-0.05, 0) is 78.9 Å². The minimum atomic E-state index is -4.82. The second-order valence-corrected chi connectivity index (χ2v) is 11.4. The predicted molar refractivity (Wildman–Crippen MR) is 169 cm³/mol. The minimum absolute atomic E-state index is 0.155. The molecule has 0 spiro atoms. The van der Waals surface area contributed by atoms with Gasteiger partial charge < -0.3 is 10.1 Å². The first-order valence-electron chi connectivity index (χ1n) is 13.9. The van der Waals surface area contributed by atoms with Gasteiger partial charge in [0, 0.05) is 5.56 Å². The molecule has 0 saturated carbocycles. The van der Waals surface area contributed by atoms with Crippen LogP contribution in [0.2, 0.25) is 0 Å². The van der Waals surface area contributed by atoms with Crippen molar-refractivity contribution in [2.45, 2.75) is 40.0 Å². The van der Waals surface area contributed by atoms with E-state index in [4.69, 9.17) is 4.99 Å². The number of nitrogens with one attached hydrogen (secondary N) is 1. The highest BCUT2D eigenvalue weighted by atomic mass is 32.2. The summed E-state index contributed by atoms with van der Waals surface area (Å²) in [5, 5.41) is 13.5. The van der Waals surface area contributed by atoms with Crippen LogP contribution in [0, 0.1) is 13.8 Å². The summed E-state index contributed by atoms with van der Waals surface area (Å²) in [5.74, 6) is -0.548. The number of nitrogens with zero attached hydrogens (tertiary/aromatic N) is 5. The predicted octanol–water partition coefficient (Wildman–Crippen LogP) is 7.36. The fraction of sp³-hybridized carbons (Fsp3) is 0.219. The van der Waals surface area contributed by atoms with Gasteiger partial charge in [-0.2, -0.15) is 15.2 Å². The Morgan fingerprint density at radius 1 is 1.09 bits per heavy atom. The van der Waals surface area contributed by atoms with Crippen LogP contribution >= 0.6 is 11.8 Å². The van der Waals surface area contributed by atoms with E-state index >= 15 is 0 Å². The van der Waals surface area contributed by atoms with Gasteiger partial charge in [-0.25, -0.2) is 9.67 Å². The monoisotopic (exact) mass is 634 g/mol. The lowest BCUT2D eigenvalue weighted by Crippen LogP contribution is -2.23. The molecule has 9 nitrogen and oxygen atoms in total. The second kappa shape index (κ2) is 13.0. The Morgan fingerprint density at radius 3 is 2.51 bits per heavy atom. The van der Waals surface area contributed by atoms with Gasteiger partial charge in [-0.15, -0.1) is 13.2 Å². The van der Waals surface area contributed by atoms with E-state index in [0.29, 0.717) is 16.5 Å². The lowest BCUT2D eigenvalue weighted by Gasteiger charge is -2.12. The molecule has 1 N–H and O–H groups in total. The van der Waals surface area contributed by atoms with Gasteiger partial charge in [0.2, 0.25) is 0 Å². The molecule has 0 unspecified atom stereocenters. The summed E-state index contributed by atoms with van der Waals surface area (Å²) in [6, 6.07) is 18.1. The standard InChI is InChI=1S/C32H29F3N6O3S/c1-19(2)25-7-5-6-8-26(25)38-31-41(29(42)18-45-31)36-16-22-9-14-28(20(3)15-22)40-17-27(21(4)39-40)37-30(43)23-10-12-24(13-11-23)44-32(33,34)35/h5-17,19H,18H2,1-4H3,(H,37,43)/b36-16+,38-31-. The molecule has 1 saturated heterocycles. The van der Waals surface area contributed by atoms with Crippen LogP contribution in [0.5, 0.6) is 5.75 Å². The Morgan fingerprint density at radius 2 is 1.82 bits per heavy atom. The molecule has 0 radical (unpaired) electrons. The largest absolute Gasteiger partial charge is 0.573 e. The zero-order valence-corrected chi connectivity index (χ0v) is 25.6. The Hall–Kier alpha value is -4.91. The summed E-state index contributed by atoms with van der Waals surface area (Å²) < 4.78 is 42.7. The number of benzene rings is 3. The molecule has 0 aliphatic carbocycles. The van der Waals surface area contributed by atoms with Crippen molar-refractivity contribution in [3.05, 3.63) is 101 Å². The van der Waals surface area contributed by atoms with Crippen molar-refractivity contribution >= 4 is 46.3 Å². The number of aromatic nitrogens is 2. The van der Waals surface area contributed by atoms with E-state index < -0.39 is 18.0 Å². The molecule has 45 heavy (non-hydrogen) atoms. The highest BCUT2D eigenvalue weighted by Crippen LogP contribution is 2.30. The van der Waals surface area contributed by atoms with Gasteiger partial charge in [0.15, 0.2) is 5.17 Å². The van der Waals surface area contributed by atoms with Gasteiger partial charge in [-0.1, -0.05) is 49.9 Å². The van der Waals surface area contributed by atoms with Crippen LogP contribution in [0.4, 0.5) is 24.5 Å². The van der Waals surface area contributed by atoms with Crippen molar-refractivity contribution < 1.29 is 27.5 Å². The Balaban J connectivity index is 1.29. The zero-order chi connectivity index (χ0) is 32.3. The smallest absolute Gasteiger partial charge is 0.406 e. The van der Waals surface area contributed by atoms with Crippen LogP contribution in [0.3, 0.4) is 0 Å². The van der Waals surface area contributed by atoms with E-state index in [0.717, 1.165) is 40.2 Å². The number of hydrogen-bond donors (Lipinski definition) is 1. The molecular formula is C32H29F3N6O3S. The van der Waals surface area contributed by atoms with Crippen molar-refractivity contribution in [3.63, 3.8) is 0 Å². The molecule has 2 amide bonds. The summed E-state index contributed by atoms with van der Waals surface area (Å²) in [5.41, 5.74) is 5.42. The number of aliphatic imine (C=N–C) groups is 1. The maximum atomic E-state index is 12.7. The Labute approximate surface area is 261 Å². The number of ether oxygens (including phenoxy) is 1. The maximum Gasteiger partial charge on any atom is 0.573 e. The number of amidine groups is 1. The number of anilines is 1. The van der Waals surface area contributed by atoms with Gasteiger partial charge in [0.05, 0.1) is 40.9 Å². The molecule has 0 atom stereocenters. The number of rotatable bonds is 8. The number of carbonyl (C=O) groups is 2. The molecule has 1 fully saturated rings. The summed E-state index contributed by atoms with van der Waals surface area (Å²) in [4.78, 5) is 30.1. The molecule has 13 heteroatoms. The van der Waals surface area contributed by atoms with E-state index in [1.807, 2.05) is 49.4 Å². The topological polar surface area (TPSA) is 101 Å². The maximum absolute atomic E-state index is 12.7. The van der Waals surface area contributed by atoms with Crippen molar-refractivity contribution in [2.75, 3.05) is 11.1 Å². The van der Waals surface area contributed by atoms with Crippen LogP contribution in [0.25, 0.3) is 5.69 Å². The van der Waals surface area contributed by atoms with E-state index in [1.54, 1.807) is 24.0 Å². The van der Waals surface area contributed by atoms with E-state index in [2.05, 4.69) is 34.1 Å². The number of para-hydroxylation sites is 1. The Bertz CT molecular complexity index is 1800. The van der Waals surface area contributed by atoms with Crippen LogP contribution in [-0.4, -0.2) is 50.1 Å². The molecule has 1 aromatic heterocycles. The third-order valence-electron chi connectivity index (χ3n) is 6.80. The highest BCUT2D eigenvalue weighted by Gasteiger charge is 2.31. The highest BCUT2D eigenvalue weighted by molar-refractivity contribution is 8.15. The number of thioether (sulfide) groups is 1. The van der Waals surface area contributed by atoms with Gasteiger partial charge in [-0.3, -0.25) is 9.59 Å². The van der Waals surface area contributed by atoms with Gasteiger partial charge >= 0.3 is 6.36 Å². The molecule has 1 aliphatic rings. The fourth-order valence-corrected chi connectivity index (χ4v) is 5.39.